The third-order valence-electron chi connectivity index (χ3n) is 5.68. The zero-order valence-corrected chi connectivity index (χ0v) is 16.3. The van der Waals surface area contributed by atoms with Crippen molar-refractivity contribution in [3.63, 3.8) is 0 Å². The Bertz CT molecular complexity index is 1180. The standard InChI is InChI=1S/C23H24N6/c24-22-21-19(26-23(25)27-22)6-3-7-20(21)29-12-10-28(11-13-29)15-16-8-9-17-4-1-2-5-18(17)14-16/h1-9,14H,10-13,15H2,(H4,24,25,26,27). The smallest absolute Gasteiger partial charge is 0.222 e. The summed E-state index contributed by atoms with van der Waals surface area (Å²) in [5.41, 5.74) is 15.2. The fourth-order valence-electron chi connectivity index (χ4n) is 4.22. The third-order valence-corrected chi connectivity index (χ3v) is 5.68. The van der Waals surface area contributed by atoms with Gasteiger partial charge in [0.15, 0.2) is 0 Å². The van der Waals surface area contributed by atoms with E-state index in [2.05, 4.69) is 68.3 Å². The van der Waals surface area contributed by atoms with Gasteiger partial charge < -0.3 is 16.4 Å². The number of benzene rings is 3. The number of nitrogens with zero attached hydrogens (tertiary/aromatic N) is 4. The SMILES string of the molecule is Nc1nc(N)c2c(N3CCN(Cc4ccc5ccccc5c4)CC3)cccc2n1. The first kappa shape index (κ1) is 17.7. The van der Waals surface area contributed by atoms with Gasteiger partial charge in [0, 0.05) is 38.4 Å². The van der Waals surface area contributed by atoms with E-state index in [1.807, 2.05) is 12.1 Å². The molecule has 6 heteroatoms. The molecule has 1 aromatic heterocycles. The predicted molar refractivity (Wildman–Crippen MR) is 120 cm³/mol. The van der Waals surface area contributed by atoms with Gasteiger partial charge in [-0.1, -0.05) is 42.5 Å². The molecule has 1 fully saturated rings. The number of nitrogens with two attached hydrogens (primary N) is 2. The highest BCUT2D eigenvalue weighted by Gasteiger charge is 2.20. The van der Waals surface area contributed by atoms with Gasteiger partial charge in [-0.15, -0.1) is 0 Å². The fraction of sp³-hybridized carbons (Fsp3) is 0.217. The minimum atomic E-state index is 0.215. The van der Waals surface area contributed by atoms with Crippen molar-refractivity contribution in [3.8, 4) is 0 Å². The van der Waals surface area contributed by atoms with Crippen molar-refractivity contribution < 1.29 is 0 Å². The van der Waals surface area contributed by atoms with Crippen molar-refractivity contribution >= 4 is 39.1 Å². The van der Waals surface area contributed by atoms with Gasteiger partial charge in [-0.3, -0.25) is 4.90 Å². The van der Waals surface area contributed by atoms with Crippen molar-refractivity contribution in [2.45, 2.75) is 6.54 Å². The van der Waals surface area contributed by atoms with Crippen LogP contribution in [-0.4, -0.2) is 41.0 Å². The Morgan fingerprint density at radius 2 is 1.59 bits per heavy atom. The Labute approximate surface area is 169 Å². The van der Waals surface area contributed by atoms with E-state index in [1.54, 1.807) is 0 Å². The molecule has 2 heterocycles. The molecule has 5 rings (SSSR count). The van der Waals surface area contributed by atoms with Crippen LogP contribution in [0.15, 0.2) is 60.7 Å². The summed E-state index contributed by atoms with van der Waals surface area (Å²) in [6.07, 6.45) is 0. The normalized spacial score (nSPS) is 15.2. The second-order valence-corrected chi connectivity index (χ2v) is 7.58. The summed E-state index contributed by atoms with van der Waals surface area (Å²) in [6.45, 7) is 4.85. The van der Waals surface area contributed by atoms with Crippen LogP contribution in [0.4, 0.5) is 17.5 Å². The Kier molecular flexibility index (Phi) is 4.41. The number of hydrogen-bond acceptors (Lipinski definition) is 6. The molecular formula is C23H24N6. The maximum absolute atomic E-state index is 6.17. The molecule has 0 aliphatic carbocycles. The van der Waals surface area contributed by atoms with E-state index in [-0.39, 0.29) is 5.95 Å². The molecule has 0 atom stereocenters. The number of piperazine rings is 1. The second kappa shape index (κ2) is 7.22. The molecule has 4 aromatic rings. The number of rotatable bonds is 3. The minimum Gasteiger partial charge on any atom is -0.383 e. The first-order chi connectivity index (χ1) is 14.2. The lowest BCUT2D eigenvalue weighted by atomic mass is 10.1. The quantitative estimate of drug-likeness (QED) is 0.564. The molecule has 0 saturated carbocycles. The molecule has 1 aliphatic rings. The van der Waals surface area contributed by atoms with Crippen molar-refractivity contribution in [2.24, 2.45) is 0 Å². The molecule has 146 valence electrons. The molecule has 4 N–H and O–H groups in total. The Balaban J connectivity index is 1.32. The number of nitrogen functional groups attached to an aromatic ring is 2. The highest BCUT2D eigenvalue weighted by atomic mass is 15.3. The van der Waals surface area contributed by atoms with Gasteiger partial charge in [-0.25, -0.2) is 4.98 Å². The van der Waals surface area contributed by atoms with Crippen LogP contribution in [0, 0.1) is 0 Å². The van der Waals surface area contributed by atoms with E-state index in [9.17, 15) is 0 Å². The molecule has 0 amide bonds. The first-order valence-corrected chi connectivity index (χ1v) is 9.94. The van der Waals surface area contributed by atoms with Crippen LogP contribution < -0.4 is 16.4 Å². The van der Waals surface area contributed by atoms with Crippen molar-refractivity contribution in [1.82, 2.24) is 14.9 Å². The zero-order chi connectivity index (χ0) is 19.8. The largest absolute Gasteiger partial charge is 0.383 e. The van der Waals surface area contributed by atoms with Gasteiger partial charge >= 0.3 is 0 Å². The van der Waals surface area contributed by atoms with Gasteiger partial charge in [-0.05, 0) is 34.5 Å². The van der Waals surface area contributed by atoms with Crippen molar-refractivity contribution in [2.75, 3.05) is 42.5 Å². The van der Waals surface area contributed by atoms with E-state index < -0.39 is 0 Å². The fourth-order valence-corrected chi connectivity index (χ4v) is 4.22. The van der Waals surface area contributed by atoms with Crippen LogP contribution in [0.2, 0.25) is 0 Å². The monoisotopic (exact) mass is 384 g/mol. The lowest BCUT2D eigenvalue weighted by Crippen LogP contribution is -2.46. The molecule has 6 nitrogen and oxygen atoms in total. The average Bonchev–Trinajstić information content (AvgIpc) is 2.73. The molecule has 0 radical (unpaired) electrons. The Morgan fingerprint density at radius 3 is 2.41 bits per heavy atom. The summed E-state index contributed by atoms with van der Waals surface area (Å²) in [4.78, 5) is 13.4. The molecule has 0 spiro atoms. The Hall–Kier alpha value is -3.38. The van der Waals surface area contributed by atoms with E-state index in [0.29, 0.717) is 5.82 Å². The highest BCUT2D eigenvalue weighted by Crippen LogP contribution is 2.31. The summed E-state index contributed by atoms with van der Waals surface area (Å²) in [5, 5.41) is 3.48. The van der Waals surface area contributed by atoms with Gasteiger partial charge in [0.2, 0.25) is 5.95 Å². The summed E-state index contributed by atoms with van der Waals surface area (Å²) < 4.78 is 0. The lowest BCUT2D eigenvalue weighted by Gasteiger charge is -2.36. The molecule has 0 bridgehead atoms. The summed E-state index contributed by atoms with van der Waals surface area (Å²) in [6, 6.07) is 21.3. The van der Waals surface area contributed by atoms with Gasteiger partial charge in [0.1, 0.15) is 5.82 Å². The van der Waals surface area contributed by atoms with Crippen LogP contribution in [-0.2, 0) is 6.54 Å². The van der Waals surface area contributed by atoms with E-state index in [1.165, 1.54) is 16.3 Å². The van der Waals surface area contributed by atoms with Crippen LogP contribution >= 0.6 is 0 Å². The van der Waals surface area contributed by atoms with Crippen molar-refractivity contribution in [1.29, 1.82) is 0 Å². The summed E-state index contributed by atoms with van der Waals surface area (Å²) in [7, 11) is 0. The first-order valence-electron chi connectivity index (χ1n) is 9.94. The minimum absolute atomic E-state index is 0.215. The number of fused-ring (bicyclic) bond motifs is 2. The molecule has 0 unspecified atom stereocenters. The maximum Gasteiger partial charge on any atom is 0.222 e. The van der Waals surface area contributed by atoms with Crippen LogP contribution in [0.1, 0.15) is 5.56 Å². The molecule has 3 aromatic carbocycles. The maximum atomic E-state index is 6.17. The zero-order valence-electron chi connectivity index (χ0n) is 16.3. The highest BCUT2D eigenvalue weighted by molar-refractivity contribution is 5.99. The van der Waals surface area contributed by atoms with E-state index >= 15 is 0 Å². The second-order valence-electron chi connectivity index (χ2n) is 7.58. The number of anilines is 3. The van der Waals surface area contributed by atoms with E-state index in [0.717, 1.165) is 49.3 Å². The van der Waals surface area contributed by atoms with Crippen LogP contribution in [0.5, 0.6) is 0 Å². The third kappa shape index (κ3) is 3.43. The topological polar surface area (TPSA) is 84.3 Å². The molecule has 1 saturated heterocycles. The van der Waals surface area contributed by atoms with Gasteiger partial charge in [0.05, 0.1) is 10.9 Å². The predicted octanol–water partition coefficient (Wildman–Crippen LogP) is 3.27. The lowest BCUT2D eigenvalue weighted by molar-refractivity contribution is 0.250. The van der Waals surface area contributed by atoms with Crippen LogP contribution in [0.25, 0.3) is 21.7 Å². The van der Waals surface area contributed by atoms with Crippen LogP contribution in [0.3, 0.4) is 0 Å². The number of aromatic nitrogens is 2. The average molecular weight is 384 g/mol. The summed E-state index contributed by atoms with van der Waals surface area (Å²) in [5.74, 6) is 0.661. The molecule has 29 heavy (non-hydrogen) atoms. The van der Waals surface area contributed by atoms with Crippen molar-refractivity contribution in [3.05, 3.63) is 66.2 Å². The van der Waals surface area contributed by atoms with Gasteiger partial charge in [-0.2, -0.15) is 4.98 Å². The summed E-state index contributed by atoms with van der Waals surface area (Å²) >= 11 is 0. The number of hydrogen-bond donors (Lipinski definition) is 2. The van der Waals surface area contributed by atoms with Gasteiger partial charge in [0.25, 0.3) is 0 Å². The van der Waals surface area contributed by atoms with E-state index in [4.69, 9.17) is 11.5 Å². The molecule has 1 aliphatic heterocycles. The Morgan fingerprint density at radius 1 is 0.793 bits per heavy atom. The molecular weight excluding hydrogens is 360 g/mol.